The maximum atomic E-state index is 12.7. The van der Waals surface area contributed by atoms with Gasteiger partial charge in [0.1, 0.15) is 48.3 Å². The molecule has 4 aliphatic heterocycles. The van der Waals surface area contributed by atoms with Crippen LogP contribution in [-0.2, 0) is 33.2 Å². The third kappa shape index (κ3) is 4.79. The Kier molecular flexibility index (Phi) is 8.25. The first-order valence-electron chi connectivity index (χ1n) is 18.1. The zero-order valence-electron chi connectivity index (χ0n) is 28.3. The number of epoxide rings is 1. The van der Waals surface area contributed by atoms with Crippen LogP contribution in [0, 0.1) is 22.7 Å². The molecule has 8 rings (SSSR count). The summed E-state index contributed by atoms with van der Waals surface area (Å²) >= 11 is 0. The summed E-state index contributed by atoms with van der Waals surface area (Å²) in [5, 5.41) is 76.3. The van der Waals surface area contributed by atoms with Gasteiger partial charge in [0.05, 0.1) is 36.6 Å². The second kappa shape index (κ2) is 11.6. The first-order valence-corrected chi connectivity index (χ1v) is 18.1. The van der Waals surface area contributed by atoms with Gasteiger partial charge in [0.2, 0.25) is 0 Å². The Morgan fingerprint density at radius 1 is 0.918 bits per heavy atom. The van der Waals surface area contributed by atoms with Crippen LogP contribution in [0.1, 0.15) is 78.6 Å². The third-order valence-corrected chi connectivity index (χ3v) is 14.5. The van der Waals surface area contributed by atoms with Gasteiger partial charge in [-0.05, 0) is 56.9 Å². The second-order valence-corrected chi connectivity index (χ2v) is 16.7. The third-order valence-electron chi connectivity index (χ3n) is 14.5. The molecular formula is C35H52O14. The Hall–Kier alpha value is -1.27. The van der Waals surface area contributed by atoms with Crippen molar-refractivity contribution in [3.8, 4) is 0 Å². The number of hydrogen-bond acceptors (Lipinski definition) is 14. The Labute approximate surface area is 285 Å². The Balaban J connectivity index is 0.927. The van der Waals surface area contributed by atoms with Gasteiger partial charge in [-0.25, -0.2) is 4.79 Å². The highest BCUT2D eigenvalue weighted by Gasteiger charge is 2.86. The zero-order valence-corrected chi connectivity index (χ0v) is 28.3. The van der Waals surface area contributed by atoms with Gasteiger partial charge < -0.3 is 64.2 Å². The van der Waals surface area contributed by atoms with E-state index in [2.05, 4.69) is 13.8 Å². The average Bonchev–Trinajstić information content (AvgIpc) is 3.46. The van der Waals surface area contributed by atoms with E-state index in [4.69, 9.17) is 28.4 Å². The first-order chi connectivity index (χ1) is 23.1. The summed E-state index contributed by atoms with van der Waals surface area (Å²) in [7, 11) is 0. The lowest BCUT2D eigenvalue weighted by atomic mass is 9.41. The number of hydrogen-bond donors (Lipinski definition) is 7. The van der Waals surface area contributed by atoms with Gasteiger partial charge in [-0.1, -0.05) is 13.8 Å². The van der Waals surface area contributed by atoms with Crippen LogP contribution >= 0.6 is 0 Å². The van der Waals surface area contributed by atoms with Crippen LogP contribution in [0.25, 0.3) is 0 Å². The number of esters is 1. The molecule has 0 amide bonds. The van der Waals surface area contributed by atoms with Crippen molar-refractivity contribution in [3.63, 3.8) is 0 Å². The van der Waals surface area contributed by atoms with Gasteiger partial charge in [0, 0.05) is 42.1 Å². The molecule has 3 saturated heterocycles. The molecule has 0 aromatic carbocycles. The topological polar surface area (TPSA) is 217 Å². The van der Waals surface area contributed by atoms with E-state index in [0.29, 0.717) is 32.1 Å². The summed E-state index contributed by atoms with van der Waals surface area (Å²) in [5.74, 6) is -0.332. The van der Waals surface area contributed by atoms with Crippen LogP contribution in [0.3, 0.4) is 0 Å². The molecule has 0 unspecified atom stereocenters. The van der Waals surface area contributed by atoms with Crippen LogP contribution in [-0.4, -0.2) is 139 Å². The fourth-order valence-corrected chi connectivity index (χ4v) is 11.8. The normalized spacial score (nSPS) is 58.1. The van der Waals surface area contributed by atoms with Crippen LogP contribution < -0.4 is 0 Å². The lowest BCUT2D eigenvalue weighted by Crippen LogP contribution is -2.72. The minimum atomic E-state index is -1.61. The van der Waals surface area contributed by atoms with Gasteiger partial charge in [0.25, 0.3) is 0 Å². The molecule has 18 atom stereocenters. The molecule has 49 heavy (non-hydrogen) atoms. The van der Waals surface area contributed by atoms with E-state index < -0.39 is 89.5 Å². The van der Waals surface area contributed by atoms with Crippen LogP contribution in [0.5, 0.6) is 0 Å². The van der Waals surface area contributed by atoms with Crippen molar-refractivity contribution in [3.05, 3.63) is 11.6 Å². The Morgan fingerprint density at radius 3 is 2.37 bits per heavy atom. The zero-order chi connectivity index (χ0) is 34.9. The van der Waals surface area contributed by atoms with E-state index in [1.807, 2.05) is 0 Å². The molecule has 7 fully saturated rings. The number of cyclic esters (lactones) is 1. The molecule has 14 nitrogen and oxygen atoms in total. The molecule has 8 aliphatic rings. The number of carbonyl (C=O) groups is 1. The van der Waals surface area contributed by atoms with Gasteiger partial charge in [-0.2, -0.15) is 0 Å². The van der Waals surface area contributed by atoms with E-state index in [9.17, 15) is 40.5 Å². The van der Waals surface area contributed by atoms with Crippen molar-refractivity contribution < 1.29 is 69.0 Å². The summed E-state index contributed by atoms with van der Waals surface area (Å²) in [4.78, 5) is 11.9. The number of ether oxygens (including phenoxy) is 6. The van der Waals surface area contributed by atoms with Crippen molar-refractivity contribution in [2.75, 3.05) is 13.2 Å². The number of aliphatic hydroxyl groups excluding tert-OH is 5. The molecule has 4 heterocycles. The summed E-state index contributed by atoms with van der Waals surface area (Å²) < 4.78 is 35.7. The van der Waals surface area contributed by atoms with E-state index in [-0.39, 0.29) is 43.0 Å². The van der Waals surface area contributed by atoms with Crippen molar-refractivity contribution in [1.29, 1.82) is 0 Å². The lowest BCUT2D eigenvalue weighted by Gasteiger charge is -2.64. The molecule has 276 valence electrons. The van der Waals surface area contributed by atoms with Crippen molar-refractivity contribution in [2.24, 2.45) is 22.7 Å². The predicted molar refractivity (Wildman–Crippen MR) is 165 cm³/mol. The number of carbonyl (C=O) groups excluding carboxylic acids is 1. The van der Waals surface area contributed by atoms with Gasteiger partial charge in [0.15, 0.2) is 12.6 Å². The highest BCUT2D eigenvalue weighted by atomic mass is 16.7. The quantitative estimate of drug-likeness (QED) is 0.106. The minimum Gasteiger partial charge on any atom is -0.458 e. The monoisotopic (exact) mass is 696 g/mol. The SMILES string of the molecule is C[C@H]1O[C@@H](O[C@H]2CC[C@]3(C)[C@H]4CC[C@]5(C)[C@@H](C6=CC(=O)OC6)CC[C@]5(O)[C@@]45O[C@H]5C[C@]3(O)C2)C[C@H](O)[C@@H]1O[C@@H]1O[C@H](CO)[C@@H](O)[C@H](O)[C@H]1O. The maximum Gasteiger partial charge on any atom is 0.331 e. The number of fused-ring (bicyclic) bond motifs is 3. The summed E-state index contributed by atoms with van der Waals surface area (Å²) in [5.41, 5.74) is -2.96. The van der Waals surface area contributed by atoms with E-state index in [1.165, 1.54) is 0 Å². The molecular weight excluding hydrogens is 644 g/mol. The molecule has 4 aliphatic carbocycles. The predicted octanol–water partition coefficient (Wildman–Crippen LogP) is -0.444. The molecule has 4 saturated carbocycles. The van der Waals surface area contributed by atoms with Gasteiger partial charge in [-0.15, -0.1) is 0 Å². The van der Waals surface area contributed by atoms with Crippen LogP contribution in [0.15, 0.2) is 11.6 Å². The van der Waals surface area contributed by atoms with Crippen molar-refractivity contribution in [2.45, 2.75) is 163 Å². The standard InChI is InChI=1S/C35H52O14/c1-16-29(48-30-28(41)27(40)26(39)21(14-36)47-30)20(37)11-25(45-16)46-18-4-7-32(3)22-6-8-31(2)19(17-10-24(38)44-15-17)5-9-34(31,43)35(22)23(49-35)13-33(32,42)12-18/h10,16,18-23,25-30,36-37,39-43H,4-9,11-15H2,1-3H3/t16-,18+,19-,20+,21-,22-,23+,25+,26-,27+,28-,29-,30+,31-,32-,33-,34-,35-/m1/s1. The fraction of sp³-hybridized carbons (Fsp3) is 0.914. The number of aliphatic hydroxyl groups is 7. The fourth-order valence-electron chi connectivity index (χ4n) is 11.8. The minimum absolute atomic E-state index is 0.0392. The van der Waals surface area contributed by atoms with E-state index in [1.54, 1.807) is 13.0 Å². The maximum absolute atomic E-state index is 12.7. The van der Waals surface area contributed by atoms with E-state index >= 15 is 0 Å². The van der Waals surface area contributed by atoms with Crippen LogP contribution in [0.2, 0.25) is 0 Å². The molecule has 0 radical (unpaired) electrons. The first kappa shape index (κ1) is 34.8. The molecule has 0 aromatic heterocycles. The van der Waals surface area contributed by atoms with Crippen LogP contribution in [0.4, 0.5) is 0 Å². The average molecular weight is 697 g/mol. The summed E-state index contributed by atoms with van der Waals surface area (Å²) in [6, 6.07) is 0. The Morgan fingerprint density at radius 2 is 1.67 bits per heavy atom. The van der Waals surface area contributed by atoms with Gasteiger partial charge >= 0.3 is 5.97 Å². The van der Waals surface area contributed by atoms with E-state index in [0.717, 1.165) is 24.8 Å². The highest BCUT2D eigenvalue weighted by Crippen LogP contribution is 2.78. The largest absolute Gasteiger partial charge is 0.458 e. The highest BCUT2D eigenvalue weighted by molar-refractivity contribution is 5.85. The molecule has 1 spiro atoms. The summed E-state index contributed by atoms with van der Waals surface area (Å²) in [6.07, 6.45) is -4.86. The second-order valence-electron chi connectivity index (χ2n) is 16.7. The van der Waals surface area contributed by atoms with Crippen molar-refractivity contribution >= 4 is 5.97 Å². The molecule has 14 heteroatoms. The smallest absolute Gasteiger partial charge is 0.331 e. The summed E-state index contributed by atoms with van der Waals surface area (Å²) in [6.45, 7) is 5.65. The van der Waals surface area contributed by atoms with Gasteiger partial charge in [-0.3, -0.25) is 0 Å². The van der Waals surface area contributed by atoms with Crippen molar-refractivity contribution in [1.82, 2.24) is 0 Å². The molecule has 0 bridgehead atoms. The Bertz CT molecular complexity index is 1350. The lowest BCUT2D eigenvalue weighted by molar-refractivity contribution is -0.345. The molecule has 7 N–H and O–H groups in total. The number of rotatable bonds is 6. The molecule has 0 aromatic rings.